The van der Waals surface area contributed by atoms with Crippen LogP contribution in [0.3, 0.4) is 0 Å². The first-order valence-electron chi connectivity index (χ1n) is 11.6. The van der Waals surface area contributed by atoms with Crippen LogP contribution in [0.15, 0.2) is 18.7 Å². The molecule has 0 amide bonds. The minimum Gasteiger partial charge on any atom is -0.481 e. The molecule has 162 valence electrons. The molecule has 0 saturated heterocycles. The van der Waals surface area contributed by atoms with Crippen molar-refractivity contribution in [2.24, 2.45) is 0 Å². The molecule has 5 nitrogen and oxygen atoms in total. The van der Waals surface area contributed by atoms with Gasteiger partial charge in [-0.05, 0) is 45.3 Å². The summed E-state index contributed by atoms with van der Waals surface area (Å²) in [7, 11) is 0. The summed E-state index contributed by atoms with van der Waals surface area (Å²) in [6, 6.07) is 0. The Labute approximate surface area is 172 Å². The number of carboxylic acid groups (broad SMARTS) is 1. The van der Waals surface area contributed by atoms with Crippen LogP contribution in [0.1, 0.15) is 96.8 Å². The predicted molar refractivity (Wildman–Crippen MR) is 117 cm³/mol. The van der Waals surface area contributed by atoms with Gasteiger partial charge in [0.05, 0.1) is 6.33 Å². The van der Waals surface area contributed by atoms with Crippen molar-refractivity contribution in [3.8, 4) is 0 Å². The standard InChI is InChI=1S/C23H43N3O2/c1-2-3-4-5-6-9-12-17-25(19-14-20-26-21-16-24-22-26)18-13-10-7-8-11-15-23(27)28/h16,21-22H,2-15,17-20H2,1H3,(H,27,28). The number of nitrogens with zero attached hydrogens (tertiary/aromatic N) is 3. The summed E-state index contributed by atoms with van der Waals surface area (Å²) in [4.78, 5) is 17.3. The summed E-state index contributed by atoms with van der Waals surface area (Å²) in [5, 5.41) is 8.69. The molecule has 0 aliphatic rings. The Morgan fingerprint density at radius 2 is 1.43 bits per heavy atom. The minimum atomic E-state index is -0.668. The van der Waals surface area contributed by atoms with E-state index >= 15 is 0 Å². The molecule has 0 bridgehead atoms. The second-order valence-electron chi connectivity index (χ2n) is 8.03. The van der Waals surface area contributed by atoms with E-state index < -0.39 is 5.97 Å². The number of imidazole rings is 1. The molecule has 0 fully saturated rings. The van der Waals surface area contributed by atoms with Gasteiger partial charge in [-0.2, -0.15) is 0 Å². The zero-order valence-electron chi connectivity index (χ0n) is 18.2. The van der Waals surface area contributed by atoms with Crippen LogP contribution in [-0.2, 0) is 11.3 Å². The van der Waals surface area contributed by atoms with Crippen LogP contribution in [0, 0.1) is 0 Å². The molecular formula is C23H43N3O2. The van der Waals surface area contributed by atoms with Crippen LogP contribution < -0.4 is 0 Å². The maximum atomic E-state index is 10.5. The summed E-state index contributed by atoms with van der Waals surface area (Å²) in [6.07, 6.45) is 22.3. The molecule has 28 heavy (non-hydrogen) atoms. The van der Waals surface area contributed by atoms with E-state index in [1.165, 1.54) is 77.3 Å². The Balaban J connectivity index is 2.15. The predicted octanol–water partition coefficient (Wildman–Crippen LogP) is 5.75. The number of carboxylic acids is 1. The highest BCUT2D eigenvalue weighted by molar-refractivity contribution is 5.66. The third kappa shape index (κ3) is 14.7. The van der Waals surface area contributed by atoms with Gasteiger partial charge in [-0.25, -0.2) is 4.98 Å². The average molecular weight is 394 g/mol. The Bertz CT molecular complexity index is 462. The molecule has 0 saturated carbocycles. The van der Waals surface area contributed by atoms with E-state index in [1.54, 1.807) is 0 Å². The van der Waals surface area contributed by atoms with E-state index in [0.29, 0.717) is 6.42 Å². The number of hydrogen-bond donors (Lipinski definition) is 1. The third-order valence-corrected chi connectivity index (χ3v) is 5.39. The summed E-state index contributed by atoms with van der Waals surface area (Å²) < 4.78 is 2.16. The van der Waals surface area contributed by atoms with Gasteiger partial charge in [0.25, 0.3) is 0 Å². The van der Waals surface area contributed by atoms with Gasteiger partial charge in [0, 0.05) is 25.4 Å². The molecule has 0 aromatic carbocycles. The van der Waals surface area contributed by atoms with E-state index in [2.05, 4.69) is 21.4 Å². The molecule has 1 N–H and O–H groups in total. The lowest BCUT2D eigenvalue weighted by atomic mass is 10.1. The monoisotopic (exact) mass is 393 g/mol. The van der Waals surface area contributed by atoms with Crippen molar-refractivity contribution in [1.29, 1.82) is 0 Å². The van der Waals surface area contributed by atoms with E-state index in [0.717, 1.165) is 32.4 Å². The highest BCUT2D eigenvalue weighted by Crippen LogP contribution is 2.10. The fourth-order valence-corrected chi connectivity index (χ4v) is 3.67. The molecule has 0 atom stereocenters. The lowest BCUT2D eigenvalue weighted by Gasteiger charge is -2.22. The molecular weight excluding hydrogens is 350 g/mol. The van der Waals surface area contributed by atoms with Crippen molar-refractivity contribution in [2.75, 3.05) is 19.6 Å². The molecule has 0 aliphatic heterocycles. The lowest BCUT2D eigenvalue weighted by Crippen LogP contribution is -2.28. The maximum Gasteiger partial charge on any atom is 0.303 e. The van der Waals surface area contributed by atoms with Crippen molar-refractivity contribution < 1.29 is 9.90 Å². The molecule has 1 rings (SSSR count). The normalized spacial score (nSPS) is 11.4. The third-order valence-electron chi connectivity index (χ3n) is 5.39. The fraction of sp³-hybridized carbons (Fsp3) is 0.826. The lowest BCUT2D eigenvalue weighted by molar-refractivity contribution is -0.137. The molecule has 1 aromatic heterocycles. The van der Waals surface area contributed by atoms with Crippen LogP contribution in [0.2, 0.25) is 0 Å². The van der Waals surface area contributed by atoms with E-state index in [-0.39, 0.29) is 0 Å². The van der Waals surface area contributed by atoms with Gasteiger partial charge >= 0.3 is 5.97 Å². The molecule has 0 spiro atoms. The van der Waals surface area contributed by atoms with Crippen LogP contribution in [0.25, 0.3) is 0 Å². The van der Waals surface area contributed by atoms with Crippen molar-refractivity contribution >= 4 is 5.97 Å². The zero-order chi connectivity index (χ0) is 20.3. The quantitative estimate of drug-likeness (QED) is 0.287. The Morgan fingerprint density at radius 1 is 0.857 bits per heavy atom. The fourth-order valence-electron chi connectivity index (χ4n) is 3.67. The smallest absolute Gasteiger partial charge is 0.303 e. The highest BCUT2D eigenvalue weighted by Gasteiger charge is 2.05. The van der Waals surface area contributed by atoms with Gasteiger partial charge < -0.3 is 14.6 Å². The molecule has 0 unspecified atom stereocenters. The van der Waals surface area contributed by atoms with Crippen molar-refractivity contribution in [1.82, 2.24) is 14.5 Å². The molecule has 0 aliphatic carbocycles. The molecule has 1 heterocycles. The molecule has 5 heteroatoms. The first-order valence-corrected chi connectivity index (χ1v) is 11.6. The van der Waals surface area contributed by atoms with Gasteiger partial charge in [-0.3, -0.25) is 4.79 Å². The van der Waals surface area contributed by atoms with Gasteiger partial charge in [0.15, 0.2) is 0 Å². The van der Waals surface area contributed by atoms with Crippen LogP contribution in [0.5, 0.6) is 0 Å². The Morgan fingerprint density at radius 3 is 2.00 bits per heavy atom. The topological polar surface area (TPSA) is 58.4 Å². The maximum absolute atomic E-state index is 10.5. The summed E-state index contributed by atoms with van der Waals surface area (Å²) >= 11 is 0. The van der Waals surface area contributed by atoms with E-state index in [4.69, 9.17) is 5.11 Å². The van der Waals surface area contributed by atoms with Crippen molar-refractivity contribution in [2.45, 2.75) is 103 Å². The Kier molecular flexibility index (Phi) is 15.6. The largest absolute Gasteiger partial charge is 0.481 e. The summed E-state index contributed by atoms with van der Waals surface area (Å²) in [5.74, 6) is -0.668. The van der Waals surface area contributed by atoms with E-state index in [1.807, 2.05) is 18.7 Å². The van der Waals surface area contributed by atoms with Crippen LogP contribution >= 0.6 is 0 Å². The van der Waals surface area contributed by atoms with Gasteiger partial charge in [-0.15, -0.1) is 0 Å². The Hall–Kier alpha value is -1.36. The number of hydrogen-bond acceptors (Lipinski definition) is 3. The van der Waals surface area contributed by atoms with Gasteiger partial charge in [0.2, 0.25) is 0 Å². The minimum absolute atomic E-state index is 0.318. The highest BCUT2D eigenvalue weighted by atomic mass is 16.4. The number of aromatic nitrogens is 2. The second-order valence-corrected chi connectivity index (χ2v) is 8.03. The van der Waals surface area contributed by atoms with Gasteiger partial charge in [-0.1, -0.05) is 64.7 Å². The number of unbranched alkanes of at least 4 members (excludes halogenated alkanes) is 10. The number of rotatable bonds is 20. The van der Waals surface area contributed by atoms with Crippen molar-refractivity contribution in [3.05, 3.63) is 18.7 Å². The van der Waals surface area contributed by atoms with Gasteiger partial charge in [0.1, 0.15) is 0 Å². The number of aliphatic carboxylic acids is 1. The average Bonchev–Trinajstić information content (AvgIpc) is 3.19. The first-order chi connectivity index (χ1) is 13.7. The molecule has 1 aromatic rings. The van der Waals surface area contributed by atoms with E-state index in [9.17, 15) is 4.79 Å². The first kappa shape index (κ1) is 24.7. The van der Waals surface area contributed by atoms with Crippen molar-refractivity contribution in [3.63, 3.8) is 0 Å². The van der Waals surface area contributed by atoms with Crippen LogP contribution in [-0.4, -0.2) is 45.2 Å². The second kappa shape index (κ2) is 17.7. The summed E-state index contributed by atoms with van der Waals surface area (Å²) in [5.41, 5.74) is 0. The SMILES string of the molecule is CCCCCCCCCN(CCCCCCCC(=O)O)CCCn1ccnc1. The zero-order valence-corrected chi connectivity index (χ0v) is 18.2. The number of carbonyl (C=O) groups is 1. The molecule has 0 radical (unpaired) electrons. The summed E-state index contributed by atoms with van der Waals surface area (Å²) in [6.45, 7) is 6.87. The van der Waals surface area contributed by atoms with Crippen LogP contribution in [0.4, 0.5) is 0 Å². The number of aryl methyl sites for hydroxylation is 1.